The summed E-state index contributed by atoms with van der Waals surface area (Å²) in [5, 5.41) is 14.2. The lowest BCUT2D eigenvalue weighted by molar-refractivity contribution is 1.06. The standard InChI is InChI=1S/C13H13N5/c1-9-3-5-11(6-4-9)18-13-7-12(15-8-14)16-10(2)17-13/h3-7H,1-2H3,(H2,15,16,17,18). The molecule has 0 unspecified atom stereocenters. The van der Waals surface area contributed by atoms with Crippen molar-refractivity contribution in [2.45, 2.75) is 13.8 Å². The second-order valence-corrected chi connectivity index (χ2v) is 3.91. The van der Waals surface area contributed by atoms with E-state index in [1.165, 1.54) is 5.56 Å². The van der Waals surface area contributed by atoms with Gasteiger partial charge in [-0.3, -0.25) is 5.32 Å². The Hall–Kier alpha value is -2.61. The fourth-order valence-electron chi connectivity index (χ4n) is 1.54. The van der Waals surface area contributed by atoms with Crippen LogP contribution in [0.2, 0.25) is 0 Å². The summed E-state index contributed by atoms with van der Waals surface area (Å²) in [5.74, 6) is 1.74. The topological polar surface area (TPSA) is 73.6 Å². The molecule has 0 radical (unpaired) electrons. The number of rotatable bonds is 3. The fourth-order valence-corrected chi connectivity index (χ4v) is 1.54. The largest absolute Gasteiger partial charge is 0.340 e. The molecule has 0 atom stereocenters. The van der Waals surface area contributed by atoms with Gasteiger partial charge in [-0.2, -0.15) is 5.26 Å². The van der Waals surface area contributed by atoms with Gasteiger partial charge in [-0.25, -0.2) is 9.97 Å². The van der Waals surface area contributed by atoms with Crippen molar-refractivity contribution in [3.05, 3.63) is 41.7 Å². The van der Waals surface area contributed by atoms with Crippen molar-refractivity contribution in [1.82, 2.24) is 9.97 Å². The number of hydrogen-bond donors (Lipinski definition) is 2. The number of hydrogen-bond acceptors (Lipinski definition) is 5. The minimum atomic E-state index is 0.486. The van der Waals surface area contributed by atoms with E-state index < -0.39 is 0 Å². The summed E-state index contributed by atoms with van der Waals surface area (Å²) in [6.45, 7) is 3.82. The molecule has 5 heteroatoms. The van der Waals surface area contributed by atoms with Crippen molar-refractivity contribution in [2.75, 3.05) is 10.6 Å². The van der Waals surface area contributed by atoms with E-state index in [-0.39, 0.29) is 0 Å². The van der Waals surface area contributed by atoms with Gasteiger partial charge < -0.3 is 5.32 Å². The number of nitrogens with zero attached hydrogens (tertiary/aromatic N) is 3. The highest BCUT2D eigenvalue weighted by atomic mass is 15.1. The van der Waals surface area contributed by atoms with Gasteiger partial charge in [0.15, 0.2) is 6.19 Å². The highest BCUT2D eigenvalue weighted by Crippen LogP contribution is 2.17. The molecule has 0 amide bonds. The average molecular weight is 239 g/mol. The Bertz CT molecular complexity index is 583. The molecular formula is C13H13N5. The van der Waals surface area contributed by atoms with Crippen molar-refractivity contribution in [3.63, 3.8) is 0 Å². The molecule has 2 N–H and O–H groups in total. The lowest BCUT2D eigenvalue weighted by Crippen LogP contribution is -2.00. The number of anilines is 3. The van der Waals surface area contributed by atoms with Crippen molar-refractivity contribution in [3.8, 4) is 6.19 Å². The number of benzene rings is 1. The maximum absolute atomic E-state index is 8.58. The van der Waals surface area contributed by atoms with E-state index in [9.17, 15) is 0 Å². The van der Waals surface area contributed by atoms with Gasteiger partial charge in [0.05, 0.1) is 0 Å². The summed E-state index contributed by atoms with van der Waals surface area (Å²) in [7, 11) is 0. The number of aromatic nitrogens is 2. The van der Waals surface area contributed by atoms with Gasteiger partial charge in [0.1, 0.15) is 17.5 Å². The molecule has 0 bridgehead atoms. The molecular weight excluding hydrogens is 226 g/mol. The van der Waals surface area contributed by atoms with Crippen LogP contribution in [0.1, 0.15) is 11.4 Å². The Morgan fingerprint density at radius 2 is 1.72 bits per heavy atom. The maximum Gasteiger partial charge on any atom is 0.182 e. The summed E-state index contributed by atoms with van der Waals surface area (Å²) in [6.07, 6.45) is 1.84. The molecule has 5 nitrogen and oxygen atoms in total. The predicted octanol–water partition coefficient (Wildman–Crippen LogP) is 2.73. The van der Waals surface area contributed by atoms with Crippen LogP contribution in [0, 0.1) is 25.3 Å². The molecule has 1 aromatic heterocycles. The molecule has 0 aliphatic rings. The molecule has 0 saturated carbocycles. The molecule has 18 heavy (non-hydrogen) atoms. The van der Waals surface area contributed by atoms with Gasteiger partial charge in [-0.1, -0.05) is 17.7 Å². The Kier molecular flexibility index (Phi) is 3.39. The fraction of sp³-hybridized carbons (Fsp3) is 0.154. The third-order valence-electron chi connectivity index (χ3n) is 2.35. The lowest BCUT2D eigenvalue weighted by atomic mass is 10.2. The molecule has 2 rings (SSSR count). The van der Waals surface area contributed by atoms with E-state index in [1.54, 1.807) is 13.0 Å². The zero-order valence-electron chi connectivity index (χ0n) is 10.2. The van der Waals surface area contributed by atoms with E-state index in [1.807, 2.05) is 37.4 Å². The van der Waals surface area contributed by atoms with Crippen LogP contribution in [-0.4, -0.2) is 9.97 Å². The van der Waals surface area contributed by atoms with Crippen LogP contribution < -0.4 is 10.6 Å². The Balaban J connectivity index is 2.23. The minimum absolute atomic E-state index is 0.486. The zero-order valence-corrected chi connectivity index (χ0v) is 10.2. The van der Waals surface area contributed by atoms with E-state index in [0.29, 0.717) is 17.5 Å². The van der Waals surface area contributed by atoms with E-state index in [2.05, 4.69) is 20.6 Å². The van der Waals surface area contributed by atoms with E-state index >= 15 is 0 Å². The molecule has 1 heterocycles. The SMILES string of the molecule is Cc1ccc(Nc2cc(NC#N)nc(C)n2)cc1. The van der Waals surface area contributed by atoms with Gasteiger partial charge in [-0.05, 0) is 26.0 Å². The van der Waals surface area contributed by atoms with Gasteiger partial charge in [-0.15, -0.1) is 0 Å². The molecule has 0 aliphatic carbocycles. The molecule has 0 aliphatic heterocycles. The Labute approximate surface area is 106 Å². The number of aryl methyl sites for hydroxylation is 2. The van der Waals surface area contributed by atoms with Crippen LogP contribution >= 0.6 is 0 Å². The summed E-state index contributed by atoms with van der Waals surface area (Å²) in [6, 6.07) is 9.68. The first kappa shape index (κ1) is 11.9. The highest BCUT2D eigenvalue weighted by Gasteiger charge is 2.01. The second kappa shape index (κ2) is 5.15. The van der Waals surface area contributed by atoms with Crippen LogP contribution in [0.25, 0.3) is 0 Å². The third-order valence-corrected chi connectivity index (χ3v) is 2.35. The first-order valence-electron chi connectivity index (χ1n) is 5.52. The average Bonchev–Trinajstić information content (AvgIpc) is 2.32. The maximum atomic E-state index is 8.58. The summed E-state index contributed by atoms with van der Waals surface area (Å²) in [5.41, 5.74) is 2.15. The van der Waals surface area contributed by atoms with Gasteiger partial charge >= 0.3 is 0 Å². The lowest BCUT2D eigenvalue weighted by Gasteiger charge is -2.07. The van der Waals surface area contributed by atoms with Crippen molar-refractivity contribution in [1.29, 1.82) is 5.26 Å². The van der Waals surface area contributed by atoms with Crippen LogP contribution in [-0.2, 0) is 0 Å². The number of nitriles is 1. The molecule has 90 valence electrons. The van der Waals surface area contributed by atoms with E-state index in [4.69, 9.17) is 5.26 Å². The van der Waals surface area contributed by atoms with Crippen LogP contribution in [0.4, 0.5) is 17.3 Å². The molecule has 0 spiro atoms. The van der Waals surface area contributed by atoms with Crippen LogP contribution in [0.5, 0.6) is 0 Å². The Morgan fingerprint density at radius 3 is 2.39 bits per heavy atom. The summed E-state index contributed by atoms with van der Waals surface area (Å²) >= 11 is 0. The molecule has 1 aromatic carbocycles. The number of nitrogens with one attached hydrogen (secondary N) is 2. The quantitative estimate of drug-likeness (QED) is 0.636. The molecule has 0 saturated heterocycles. The zero-order chi connectivity index (χ0) is 13.0. The first-order chi connectivity index (χ1) is 8.67. The predicted molar refractivity (Wildman–Crippen MR) is 70.5 cm³/mol. The monoisotopic (exact) mass is 239 g/mol. The molecule has 2 aromatic rings. The normalized spacial score (nSPS) is 9.61. The second-order valence-electron chi connectivity index (χ2n) is 3.91. The first-order valence-corrected chi connectivity index (χ1v) is 5.52. The van der Waals surface area contributed by atoms with E-state index in [0.717, 1.165) is 5.69 Å². The van der Waals surface area contributed by atoms with Crippen LogP contribution in [0.15, 0.2) is 30.3 Å². The Morgan fingerprint density at radius 1 is 1.06 bits per heavy atom. The van der Waals surface area contributed by atoms with Crippen molar-refractivity contribution in [2.24, 2.45) is 0 Å². The van der Waals surface area contributed by atoms with Crippen LogP contribution in [0.3, 0.4) is 0 Å². The summed E-state index contributed by atoms with van der Waals surface area (Å²) in [4.78, 5) is 8.36. The third kappa shape index (κ3) is 2.95. The highest BCUT2D eigenvalue weighted by molar-refractivity contribution is 5.59. The van der Waals surface area contributed by atoms with Crippen molar-refractivity contribution >= 4 is 17.3 Å². The van der Waals surface area contributed by atoms with Gasteiger partial charge in [0, 0.05) is 11.8 Å². The summed E-state index contributed by atoms with van der Waals surface area (Å²) < 4.78 is 0. The van der Waals surface area contributed by atoms with Crippen molar-refractivity contribution < 1.29 is 0 Å². The molecule has 0 fully saturated rings. The smallest absolute Gasteiger partial charge is 0.182 e. The van der Waals surface area contributed by atoms with Gasteiger partial charge in [0.2, 0.25) is 0 Å². The minimum Gasteiger partial charge on any atom is -0.340 e. The van der Waals surface area contributed by atoms with Gasteiger partial charge in [0.25, 0.3) is 0 Å².